The predicted molar refractivity (Wildman–Crippen MR) is 145 cm³/mol. The maximum Gasteiger partial charge on any atom is 0.162 e. The van der Waals surface area contributed by atoms with Crippen molar-refractivity contribution in [1.29, 1.82) is 0 Å². The molecular weight excluding hydrogens is 440 g/mol. The fraction of sp³-hybridized carbons (Fsp3) is 0.429. The Kier molecular flexibility index (Phi) is 13.2. The van der Waals surface area contributed by atoms with Gasteiger partial charge in [0.1, 0.15) is 12.1 Å². The van der Waals surface area contributed by atoms with Gasteiger partial charge in [0, 0.05) is 36.8 Å². The smallest absolute Gasteiger partial charge is 0.162 e. The van der Waals surface area contributed by atoms with E-state index in [0.29, 0.717) is 18.1 Å². The Hall–Kier alpha value is -3.16. The summed E-state index contributed by atoms with van der Waals surface area (Å²) < 4.78 is 17.0. The summed E-state index contributed by atoms with van der Waals surface area (Å²) in [7, 11) is 1.64. The highest BCUT2D eigenvalue weighted by molar-refractivity contribution is 5.93. The molecule has 1 aromatic heterocycles. The molecule has 0 radical (unpaired) electrons. The molecule has 4 rings (SSSR count). The van der Waals surface area contributed by atoms with Crippen molar-refractivity contribution in [3.63, 3.8) is 0 Å². The number of fused-ring (bicyclic) bond motifs is 1. The van der Waals surface area contributed by atoms with E-state index in [-0.39, 0.29) is 0 Å². The van der Waals surface area contributed by atoms with Gasteiger partial charge >= 0.3 is 0 Å². The molecule has 7 nitrogen and oxygen atoms in total. The van der Waals surface area contributed by atoms with Crippen LogP contribution in [0.2, 0.25) is 0 Å². The van der Waals surface area contributed by atoms with Crippen LogP contribution in [0.15, 0.2) is 60.9 Å². The van der Waals surface area contributed by atoms with E-state index in [1.165, 1.54) is 0 Å². The number of hydrogen-bond donors (Lipinski definition) is 1. The van der Waals surface area contributed by atoms with Gasteiger partial charge in [-0.3, -0.25) is 4.90 Å². The molecule has 2 aromatic carbocycles. The lowest BCUT2D eigenvalue weighted by molar-refractivity contribution is 0.0357. The third-order valence-electron chi connectivity index (χ3n) is 5.27. The maximum absolute atomic E-state index is 6.07. The molecule has 0 amide bonds. The minimum atomic E-state index is 0.619. The molecule has 0 atom stereocenters. The fourth-order valence-corrected chi connectivity index (χ4v) is 3.39. The number of nitrogens with zero attached hydrogens (tertiary/aromatic N) is 3. The largest absolute Gasteiger partial charge is 0.493 e. The summed E-state index contributed by atoms with van der Waals surface area (Å²) in [6, 6.07) is 13.8. The average Bonchev–Trinajstić information content (AvgIpc) is 2.93. The van der Waals surface area contributed by atoms with E-state index in [1.54, 1.807) is 13.4 Å². The van der Waals surface area contributed by atoms with Crippen molar-refractivity contribution in [2.75, 3.05) is 51.9 Å². The molecule has 35 heavy (non-hydrogen) atoms. The van der Waals surface area contributed by atoms with E-state index in [9.17, 15) is 0 Å². The second-order valence-electron chi connectivity index (χ2n) is 7.56. The third kappa shape index (κ3) is 9.19. The lowest BCUT2D eigenvalue weighted by atomic mass is 10.2. The summed E-state index contributed by atoms with van der Waals surface area (Å²) >= 11 is 0. The van der Waals surface area contributed by atoms with Crippen molar-refractivity contribution in [1.82, 2.24) is 14.9 Å². The zero-order chi connectivity index (χ0) is 25.3. The monoisotopic (exact) mass is 480 g/mol. The first-order valence-corrected chi connectivity index (χ1v) is 12.4. The van der Waals surface area contributed by atoms with Crippen molar-refractivity contribution in [3.05, 3.63) is 60.9 Å². The molecule has 0 bridgehead atoms. The number of allylic oxidation sites excluding steroid dienone is 2. The molecule has 0 saturated carbocycles. The Morgan fingerprint density at radius 1 is 1.00 bits per heavy atom. The van der Waals surface area contributed by atoms with Crippen LogP contribution in [0.3, 0.4) is 0 Å². The van der Waals surface area contributed by atoms with Crippen LogP contribution >= 0.6 is 0 Å². The number of hydrogen-bond acceptors (Lipinski definition) is 7. The lowest BCUT2D eigenvalue weighted by Gasteiger charge is -2.26. The van der Waals surface area contributed by atoms with Gasteiger partial charge in [-0.15, -0.1) is 0 Å². The highest BCUT2D eigenvalue weighted by Crippen LogP contribution is 2.34. The van der Waals surface area contributed by atoms with Crippen molar-refractivity contribution < 1.29 is 14.2 Å². The Morgan fingerprint density at radius 3 is 2.37 bits per heavy atom. The van der Waals surface area contributed by atoms with Crippen LogP contribution in [0.1, 0.15) is 34.1 Å². The molecule has 0 spiro atoms. The van der Waals surface area contributed by atoms with E-state index in [2.05, 4.69) is 20.2 Å². The highest BCUT2D eigenvalue weighted by atomic mass is 16.5. The summed E-state index contributed by atoms with van der Waals surface area (Å²) in [6.45, 7) is 13.2. The lowest BCUT2D eigenvalue weighted by Crippen LogP contribution is -2.37. The van der Waals surface area contributed by atoms with Crippen molar-refractivity contribution in [3.8, 4) is 11.5 Å². The maximum atomic E-state index is 6.07. The van der Waals surface area contributed by atoms with Gasteiger partial charge in [-0.1, -0.05) is 44.2 Å². The predicted octanol–water partition coefficient (Wildman–Crippen LogP) is 6.09. The first kappa shape index (κ1) is 28.1. The fourth-order valence-electron chi connectivity index (χ4n) is 3.39. The van der Waals surface area contributed by atoms with Crippen LogP contribution < -0.4 is 14.8 Å². The first-order chi connectivity index (χ1) is 17.2. The van der Waals surface area contributed by atoms with E-state index < -0.39 is 0 Å². The number of rotatable bonds is 8. The highest BCUT2D eigenvalue weighted by Gasteiger charge is 2.13. The molecule has 1 aliphatic rings. The summed E-state index contributed by atoms with van der Waals surface area (Å²) in [5.74, 6) is 2.11. The molecule has 1 saturated heterocycles. The third-order valence-corrected chi connectivity index (χ3v) is 5.27. The zero-order valence-electron chi connectivity index (χ0n) is 21.8. The number of benzene rings is 2. The minimum absolute atomic E-state index is 0.619. The molecule has 3 aromatic rings. The molecule has 1 fully saturated rings. The second-order valence-corrected chi connectivity index (χ2v) is 7.56. The zero-order valence-corrected chi connectivity index (χ0v) is 21.8. The topological polar surface area (TPSA) is 68.7 Å². The van der Waals surface area contributed by atoms with Crippen LogP contribution in [0.5, 0.6) is 11.5 Å². The Bertz CT molecular complexity index is 1000. The Morgan fingerprint density at radius 2 is 1.71 bits per heavy atom. The van der Waals surface area contributed by atoms with Gasteiger partial charge < -0.3 is 19.5 Å². The van der Waals surface area contributed by atoms with Crippen LogP contribution in [0, 0.1) is 0 Å². The minimum Gasteiger partial charge on any atom is -0.493 e. The molecule has 7 heteroatoms. The Labute approximate surface area is 210 Å². The quantitative estimate of drug-likeness (QED) is 0.309. The Balaban J connectivity index is 0.000000655. The first-order valence-electron chi connectivity index (χ1n) is 12.4. The number of morpholine rings is 1. The van der Waals surface area contributed by atoms with E-state index in [0.717, 1.165) is 61.7 Å². The molecule has 0 unspecified atom stereocenters. The number of ether oxygens (including phenoxy) is 3. The van der Waals surface area contributed by atoms with Gasteiger partial charge in [-0.25, -0.2) is 9.97 Å². The summed E-state index contributed by atoms with van der Waals surface area (Å²) in [6.07, 6.45) is 6.50. The number of para-hydroxylation sites is 1. The number of aromatic nitrogens is 2. The van der Waals surface area contributed by atoms with Gasteiger partial charge in [-0.05, 0) is 38.5 Å². The van der Waals surface area contributed by atoms with Crippen LogP contribution in [0.4, 0.5) is 11.5 Å². The SMILES string of the molecule is C/C=C/C.CC.COc1cc2ncnc(Nc3ccccc3)c2cc1OCCCN1CCOCC1. The molecular formula is C28H40N4O3. The summed E-state index contributed by atoms with van der Waals surface area (Å²) in [5, 5.41) is 4.25. The average molecular weight is 481 g/mol. The number of nitrogens with one attached hydrogen (secondary N) is 1. The second kappa shape index (κ2) is 16.5. The van der Waals surface area contributed by atoms with Gasteiger partial charge in [0.25, 0.3) is 0 Å². The molecule has 1 aliphatic heterocycles. The number of methoxy groups -OCH3 is 1. The summed E-state index contributed by atoms with van der Waals surface area (Å²) in [5.41, 5.74) is 1.77. The molecule has 0 aliphatic carbocycles. The van der Waals surface area contributed by atoms with Gasteiger partial charge in [-0.2, -0.15) is 0 Å². The van der Waals surface area contributed by atoms with Crippen LogP contribution in [0.25, 0.3) is 10.9 Å². The summed E-state index contributed by atoms with van der Waals surface area (Å²) in [4.78, 5) is 11.2. The van der Waals surface area contributed by atoms with Crippen LogP contribution in [-0.2, 0) is 4.74 Å². The molecule has 190 valence electrons. The van der Waals surface area contributed by atoms with E-state index in [4.69, 9.17) is 14.2 Å². The van der Waals surface area contributed by atoms with Crippen molar-refractivity contribution in [2.45, 2.75) is 34.1 Å². The van der Waals surface area contributed by atoms with Gasteiger partial charge in [0.05, 0.1) is 32.4 Å². The van der Waals surface area contributed by atoms with Gasteiger partial charge in [0.15, 0.2) is 11.5 Å². The number of anilines is 2. The standard InChI is InChI=1S/C22H26N4O3.C4H8.C2H6/c1-27-20-15-19-18(22(24-16-23-19)25-17-6-3-2-4-7-17)14-21(20)29-11-5-8-26-9-12-28-13-10-26;1-3-4-2;1-2/h2-4,6-7,14-16H,5,8-13H2,1H3,(H,23,24,25);3-4H,1-2H3;1-2H3/b;4-3+;. The molecule has 2 heterocycles. The van der Waals surface area contributed by atoms with E-state index in [1.807, 2.05) is 82.3 Å². The van der Waals surface area contributed by atoms with Crippen molar-refractivity contribution in [2.24, 2.45) is 0 Å². The molecule has 1 N–H and O–H groups in total. The van der Waals surface area contributed by atoms with Gasteiger partial charge in [0.2, 0.25) is 0 Å². The van der Waals surface area contributed by atoms with Crippen LogP contribution in [-0.4, -0.2) is 61.4 Å². The van der Waals surface area contributed by atoms with E-state index >= 15 is 0 Å². The normalized spacial score (nSPS) is 13.4. The van der Waals surface area contributed by atoms with Crippen molar-refractivity contribution >= 4 is 22.4 Å².